The van der Waals surface area contributed by atoms with E-state index in [1.165, 1.54) is 0 Å². The molecule has 0 bridgehead atoms. The van der Waals surface area contributed by atoms with Crippen molar-refractivity contribution in [2.45, 2.75) is 25.6 Å². The van der Waals surface area contributed by atoms with Crippen LogP contribution in [0.15, 0.2) is 17.7 Å². The maximum atomic E-state index is 13.3. The summed E-state index contributed by atoms with van der Waals surface area (Å²) in [5, 5.41) is 9.51. The van der Waals surface area contributed by atoms with Crippen molar-refractivity contribution < 1.29 is 36.6 Å². The van der Waals surface area contributed by atoms with Crippen LogP contribution >= 0.6 is 0 Å². The van der Waals surface area contributed by atoms with Gasteiger partial charge in [0.05, 0.1) is 5.57 Å². The first-order chi connectivity index (χ1) is 9.50. The topological polar surface area (TPSA) is 46.5 Å². The van der Waals surface area contributed by atoms with Gasteiger partial charge in [0.25, 0.3) is 0 Å². The Morgan fingerprint density at radius 2 is 1.81 bits per heavy atom. The minimum Gasteiger partial charge on any atom is -0.504 e. The van der Waals surface area contributed by atoms with E-state index in [4.69, 9.17) is 0 Å². The van der Waals surface area contributed by atoms with Crippen molar-refractivity contribution in [2.75, 3.05) is 0 Å². The maximum absolute atomic E-state index is 13.3. The second-order valence-corrected chi connectivity index (χ2v) is 4.68. The fourth-order valence-corrected chi connectivity index (χ4v) is 2.03. The van der Waals surface area contributed by atoms with E-state index < -0.39 is 51.8 Å². The average molecular weight is 308 g/mol. The van der Waals surface area contributed by atoms with E-state index in [2.05, 4.69) is 4.74 Å². The van der Waals surface area contributed by atoms with E-state index in [1.54, 1.807) is 0 Å². The summed E-state index contributed by atoms with van der Waals surface area (Å²) in [5.41, 5.74) is -4.60. The molecule has 8 heteroatoms. The van der Waals surface area contributed by atoms with E-state index in [9.17, 15) is 31.9 Å². The van der Waals surface area contributed by atoms with E-state index in [0.717, 1.165) is 13.0 Å². The summed E-state index contributed by atoms with van der Waals surface area (Å²) in [7, 11) is 0. The SMILES string of the molecule is CC1=C(c2ccc(F)c(F)c2O)C(=O)O[C@@]1(C)C(F)(F)F. The van der Waals surface area contributed by atoms with Crippen LogP contribution in [0, 0.1) is 11.6 Å². The Kier molecular flexibility index (Phi) is 3.23. The van der Waals surface area contributed by atoms with Gasteiger partial charge in [-0.2, -0.15) is 17.6 Å². The molecule has 2 rings (SSSR count). The molecule has 0 fully saturated rings. The molecule has 0 aliphatic carbocycles. The number of hydrogen-bond donors (Lipinski definition) is 1. The lowest BCUT2D eigenvalue weighted by Gasteiger charge is -2.27. The first kappa shape index (κ1) is 15.3. The third-order valence-corrected chi connectivity index (χ3v) is 3.47. The van der Waals surface area contributed by atoms with Gasteiger partial charge in [0.15, 0.2) is 11.6 Å². The second-order valence-electron chi connectivity index (χ2n) is 4.68. The number of phenolic OH excluding ortho intramolecular Hbond substituents is 1. The van der Waals surface area contributed by atoms with E-state index in [0.29, 0.717) is 13.0 Å². The number of esters is 1. The van der Waals surface area contributed by atoms with E-state index >= 15 is 0 Å². The normalized spacial score (nSPS) is 22.7. The maximum Gasteiger partial charge on any atom is 0.432 e. The molecule has 0 spiro atoms. The highest BCUT2D eigenvalue weighted by Crippen LogP contribution is 2.48. The number of ether oxygens (including phenoxy) is 1. The van der Waals surface area contributed by atoms with Crippen LogP contribution in [0.25, 0.3) is 5.57 Å². The minimum atomic E-state index is -4.89. The van der Waals surface area contributed by atoms with Crippen LogP contribution in [-0.2, 0) is 9.53 Å². The van der Waals surface area contributed by atoms with Crippen LogP contribution in [0.3, 0.4) is 0 Å². The molecule has 1 atom stereocenters. The van der Waals surface area contributed by atoms with Gasteiger partial charge < -0.3 is 9.84 Å². The summed E-state index contributed by atoms with van der Waals surface area (Å²) < 4.78 is 69.6. The zero-order chi connectivity index (χ0) is 16.2. The Labute approximate surface area is 115 Å². The van der Waals surface area contributed by atoms with Gasteiger partial charge in [-0.1, -0.05) is 0 Å². The Morgan fingerprint density at radius 1 is 1.24 bits per heavy atom. The smallest absolute Gasteiger partial charge is 0.432 e. The number of carbonyl (C=O) groups is 1. The van der Waals surface area contributed by atoms with Gasteiger partial charge in [0.1, 0.15) is 0 Å². The van der Waals surface area contributed by atoms with Crippen molar-refractivity contribution >= 4 is 11.5 Å². The summed E-state index contributed by atoms with van der Waals surface area (Å²) in [6, 6.07) is 1.41. The highest BCUT2D eigenvalue weighted by Gasteiger charge is 2.60. The van der Waals surface area contributed by atoms with Crippen LogP contribution in [-0.4, -0.2) is 22.9 Å². The second kappa shape index (κ2) is 4.44. The van der Waals surface area contributed by atoms with Crippen molar-refractivity contribution in [3.05, 3.63) is 34.9 Å². The van der Waals surface area contributed by atoms with Crippen molar-refractivity contribution in [2.24, 2.45) is 0 Å². The molecule has 1 aromatic rings. The Balaban J connectivity index is 2.69. The fraction of sp³-hybridized carbons (Fsp3) is 0.308. The van der Waals surface area contributed by atoms with Gasteiger partial charge in [-0.05, 0) is 31.6 Å². The number of carbonyl (C=O) groups excluding carboxylic acids is 1. The number of rotatable bonds is 1. The Hall–Kier alpha value is -2.12. The number of benzene rings is 1. The highest BCUT2D eigenvalue weighted by molar-refractivity contribution is 6.20. The molecule has 21 heavy (non-hydrogen) atoms. The van der Waals surface area contributed by atoms with Crippen LogP contribution in [0.5, 0.6) is 5.75 Å². The van der Waals surface area contributed by atoms with E-state index in [1.807, 2.05) is 0 Å². The Bertz CT molecular complexity index is 663. The monoisotopic (exact) mass is 308 g/mol. The molecule has 0 radical (unpaired) electrons. The molecule has 0 amide bonds. The third kappa shape index (κ3) is 2.05. The molecule has 1 aromatic carbocycles. The van der Waals surface area contributed by atoms with Gasteiger partial charge in [-0.15, -0.1) is 0 Å². The van der Waals surface area contributed by atoms with Crippen molar-refractivity contribution in [3.8, 4) is 5.75 Å². The number of hydrogen-bond acceptors (Lipinski definition) is 3. The summed E-state index contributed by atoms with van der Waals surface area (Å²) >= 11 is 0. The van der Waals surface area contributed by atoms with E-state index in [-0.39, 0.29) is 0 Å². The molecule has 1 N–H and O–H groups in total. The predicted molar refractivity (Wildman–Crippen MR) is 61.2 cm³/mol. The van der Waals surface area contributed by atoms with Crippen molar-refractivity contribution in [1.29, 1.82) is 0 Å². The zero-order valence-electron chi connectivity index (χ0n) is 10.8. The molecule has 114 valence electrons. The van der Waals surface area contributed by atoms with Crippen molar-refractivity contribution in [1.82, 2.24) is 0 Å². The standard InChI is InChI=1S/C13H9F5O3/c1-5-8(6-3-4-7(14)9(15)10(6)19)11(20)21-12(5,2)13(16,17)18/h3-4,19H,1-2H3/t12-/m1/s1. The van der Waals surface area contributed by atoms with Crippen LogP contribution in [0.4, 0.5) is 22.0 Å². The van der Waals surface area contributed by atoms with Gasteiger partial charge in [0.2, 0.25) is 11.4 Å². The number of alkyl halides is 3. The van der Waals surface area contributed by atoms with Crippen molar-refractivity contribution in [3.63, 3.8) is 0 Å². The molecular formula is C13H9F5O3. The molecule has 0 saturated carbocycles. The van der Waals surface area contributed by atoms with Gasteiger partial charge >= 0.3 is 12.1 Å². The third-order valence-electron chi connectivity index (χ3n) is 3.47. The molecule has 1 heterocycles. The summed E-state index contributed by atoms with van der Waals surface area (Å²) in [6.45, 7) is 1.62. The lowest BCUT2D eigenvalue weighted by atomic mass is 9.91. The minimum absolute atomic E-state index is 0.540. The predicted octanol–water partition coefficient (Wildman–Crippen LogP) is 3.32. The molecule has 3 nitrogen and oxygen atoms in total. The van der Waals surface area contributed by atoms with Crippen LogP contribution < -0.4 is 0 Å². The first-order valence-corrected chi connectivity index (χ1v) is 5.69. The first-order valence-electron chi connectivity index (χ1n) is 5.69. The highest BCUT2D eigenvalue weighted by atomic mass is 19.4. The summed E-state index contributed by atoms with van der Waals surface area (Å²) in [4.78, 5) is 11.7. The molecular weight excluding hydrogens is 299 g/mol. The lowest BCUT2D eigenvalue weighted by molar-refractivity contribution is -0.242. The Morgan fingerprint density at radius 3 is 2.29 bits per heavy atom. The number of aromatic hydroxyl groups is 1. The average Bonchev–Trinajstić information content (AvgIpc) is 2.59. The van der Waals surface area contributed by atoms with Crippen LogP contribution in [0.1, 0.15) is 19.4 Å². The lowest BCUT2D eigenvalue weighted by Crippen LogP contribution is -2.43. The van der Waals surface area contributed by atoms with Crippen LogP contribution in [0.2, 0.25) is 0 Å². The number of halogens is 5. The number of phenols is 1. The van der Waals surface area contributed by atoms with Gasteiger partial charge in [-0.25, -0.2) is 9.18 Å². The van der Waals surface area contributed by atoms with Gasteiger partial charge in [0, 0.05) is 5.56 Å². The summed E-state index contributed by atoms with van der Waals surface area (Å²) in [6.07, 6.45) is -4.89. The molecule has 0 aromatic heterocycles. The largest absolute Gasteiger partial charge is 0.504 e. The molecule has 0 unspecified atom stereocenters. The molecule has 1 aliphatic rings. The van der Waals surface area contributed by atoms with Gasteiger partial charge in [-0.3, -0.25) is 0 Å². The zero-order valence-corrected chi connectivity index (χ0v) is 10.8. The summed E-state index contributed by atoms with van der Waals surface area (Å²) in [5.74, 6) is -5.65. The number of cyclic esters (lactones) is 1. The molecule has 0 saturated heterocycles. The molecule has 1 aliphatic heterocycles. The fourth-order valence-electron chi connectivity index (χ4n) is 2.03. The quantitative estimate of drug-likeness (QED) is 0.639.